The van der Waals surface area contributed by atoms with E-state index in [1.54, 1.807) is 4.90 Å². The van der Waals surface area contributed by atoms with Crippen LogP contribution in [0.5, 0.6) is 0 Å². The van der Waals surface area contributed by atoms with Crippen molar-refractivity contribution in [2.75, 3.05) is 0 Å². The summed E-state index contributed by atoms with van der Waals surface area (Å²) in [6, 6.07) is 7.68. The van der Waals surface area contributed by atoms with Gasteiger partial charge < -0.3 is 4.74 Å². The fourth-order valence-electron chi connectivity index (χ4n) is 2.75. The minimum atomic E-state index is -0.537. The van der Waals surface area contributed by atoms with Gasteiger partial charge in [-0.2, -0.15) is 0 Å². The number of fused-ring (bicyclic) bond motifs is 1. The molecule has 2 aliphatic rings. The first-order valence-electron chi connectivity index (χ1n) is 7.38. The number of rotatable bonds is 1. The van der Waals surface area contributed by atoms with Crippen LogP contribution in [0.2, 0.25) is 0 Å². The zero-order valence-electron chi connectivity index (χ0n) is 13.3. The summed E-state index contributed by atoms with van der Waals surface area (Å²) in [5, 5.41) is 0. The summed E-state index contributed by atoms with van der Waals surface area (Å²) in [7, 11) is 0. The summed E-state index contributed by atoms with van der Waals surface area (Å²) < 4.78 is 5.53. The van der Waals surface area contributed by atoms with E-state index in [1.807, 2.05) is 52.0 Å². The van der Waals surface area contributed by atoms with Crippen LogP contribution in [-0.2, 0) is 16.1 Å². The monoisotopic (exact) mass is 303 g/mol. The van der Waals surface area contributed by atoms with Crippen molar-refractivity contribution in [2.45, 2.75) is 52.1 Å². The van der Waals surface area contributed by atoms with Crippen molar-refractivity contribution < 1.29 is 14.4 Å². The average Bonchev–Trinajstić information content (AvgIpc) is 2.99. The number of hydrogen-bond acceptors (Lipinski definition) is 5. The highest BCUT2D eigenvalue weighted by Gasteiger charge is 2.42. The smallest absolute Gasteiger partial charge is 0.411 e. The maximum atomic E-state index is 12.6. The van der Waals surface area contributed by atoms with E-state index in [9.17, 15) is 4.79 Å². The standard InChI is InChI=1S/C16H21N3O3/c1-10-17-14(22-18-10)13-12-8-6-5-7-11(12)9-19(13)15(20)21-16(2,3)4/h5-8,13-14H,9H2,1-4H3,(H,17,18). The minimum absolute atomic E-state index is 0.281. The van der Waals surface area contributed by atoms with Gasteiger partial charge in [0.15, 0.2) is 0 Å². The maximum absolute atomic E-state index is 12.6. The molecule has 0 saturated heterocycles. The van der Waals surface area contributed by atoms with E-state index < -0.39 is 11.8 Å². The number of nitrogens with one attached hydrogen (secondary N) is 1. The van der Waals surface area contributed by atoms with E-state index in [1.165, 1.54) is 0 Å². The first-order valence-corrected chi connectivity index (χ1v) is 7.38. The highest BCUT2D eigenvalue weighted by molar-refractivity contribution is 5.79. The lowest BCUT2D eigenvalue weighted by atomic mass is 10.0. The van der Waals surface area contributed by atoms with Gasteiger partial charge in [0.2, 0.25) is 6.23 Å². The lowest BCUT2D eigenvalue weighted by Crippen LogP contribution is -2.39. The zero-order valence-corrected chi connectivity index (χ0v) is 13.3. The first kappa shape index (κ1) is 14.8. The molecule has 1 amide bonds. The van der Waals surface area contributed by atoms with E-state index in [0.29, 0.717) is 12.4 Å². The Morgan fingerprint density at radius 3 is 2.77 bits per heavy atom. The number of ether oxygens (including phenoxy) is 1. The lowest BCUT2D eigenvalue weighted by molar-refractivity contribution is -0.0336. The Morgan fingerprint density at radius 2 is 2.14 bits per heavy atom. The SMILES string of the molecule is CC1=NC(C2c3ccccc3CN2C(=O)OC(C)(C)C)ON1. The Balaban J connectivity index is 1.91. The Labute approximate surface area is 130 Å². The highest BCUT2D eigenvalue weighted by Crippen LogP contribution is 2.39. The van der Waals surface area contributed by atoms with Gasteiger partial charge >= 0.3 is 6.09 Å². The number of nitrogens with zero attached hydrogens (tertiary/aromatic N) is 2. The molecule has 0 bridgehead atoms. The van der Waals surface area contributed by atoms with Crippen molar-refractivity contribution in [2.24, 2.45) is 4.99 Å². The third kappa shape index (κ3) is 2.78. The molecule has 2 unspecified atom stereocenters. The number of hydrogen-bond donors (Lipinski definition) is 1. The van der Waals surface area contributed by atoms with Crippen LogP contribution in [-0.4, -0.2) is 28.7 Å². The van der Waals surface area contributed by atoms with Crippen LogP contribution >= 0.6 is 0 Å². The van der Waals surface area contributed by atoms with Gasteiger partial charge in [0.1, 0.15) is 17.5 Å². The first-order chi connectivity index (χ1) is 10.3. The Kier molecular flexibility index (Phi) is 3.56. The normalized spacial score (nSPS) is 23.8. The molecule has 0 spiro atoms. The third-order valence-corrected chi connectivity index (χ3v) is 3.60. The fourth-order valence-corrected chi connectivity index (χ4v) is 2.75. The molecule has 2 heterocycles. The van der Waals surface area contributed by atoms with Gasteiger partial charge in [-0.1, -0.05) is 24.3 Å². The molecule has 1 N–H and O–H groups in total. The van der Waals surface area contributed by atoms with Gasteiger partial charge in [0, 0.05) is 0 Å². The second kappa shape index (κ2) is 5.28. The van der Waals surface area contributed by atoms with Crippen LogP contribution in [0.4, 0.5) is 4.79 Å². The fraction of sp³-hybridized carbons (Fsp3) is 0.500. The van der Waals surface area contributed by atoms with Gasteiger partial charge in [0.25, 0.3) is 0 Å². The third-order valence-electron chi connectivity index (χ3n) is 3.60. The Hall–Kier alpha value is -2.08. The second-order valence-electron chi connectivity index (χ2n) is 6.58. The van der Waals surface area contributed by atoms with Crippen LogP contribution < -0.4 is 5.48 Å². The van der Waals surface area contributed by atoms with Gasteiger partial charge in [-0.05, 0) is 38.8 Å². The van der Waals surface area contributed by atoms with Crippen LogP contribution in [0, 0.1) is 0 Å². The highest BCUT2D eigenvalue weighted by atomic mass is 16.7. The number of hydroxylamine groups is 1. The van der Waals surface area contributed by atoms with Crippen molar-refractivity contribution >= 4 is 11.9 Å². The van der Waals surface area contributed by atoms with Crippen LogP contribution in [0.25, 0.3) is 0 Å². The number of benzene rings is 1. The summed E-state index contributed by atoms with van der Waals surface area (Å²) in [6.07, 6.45) is -0.812. The van der Waals surface area contributed by atoms with E-state index in [2.05, 4.69) is 10.5 Å². The molecule has 0 radical (unpaired) electrons. The Morgan fingerprint density at radius 1 is 1.41 bits per heavy atom. The molecule has 118 valence electrons. The van der Waals surface area contributed by atoms with E-state index in [0.717, 1.165) is 11.1 Å². The predicted molar refractivity (Wildman–Crippen MR) is 82.1 cm³/mol. The molecule has 6 nitrogen and oxygen atoms in total. The molecule has 6 heteroatoms. The molecule has 0 aromatic heterocycles. The summed E-state index contributed by atoms with van der Waals surface area (Å²) in [6.45, 7) is 7.92. The van der Waals surface area contributed by atoms with Gasteiger partial charge in [-0.25, -0.2) is 14.6 Å². The Bertz CT molecular complexity index is 621. The number of carbonyl (C=O) groups is 1. The number of carbonyl (C=O) groups excluding carboxylic acids is 1. The molecule has 3 rings (SSSR count). The molecular formula is C16H21N3O3. The molecule has 0 fully saturated rings. The van der Waals surface area contributed by atoms with E-state index >= 15 is 0 Å². The molecule has 0 saturated carbocycles. The topological polar surface area (TPSA) is 63.2 Å². The summed E-state index contributed by atoms with van der Waals surface area (Å²) >= 11 is 0. The van der Waals surface area contributed by atoms with Crippen LogP contribution in [0.3, 0.4) is 0 Å². The van der Waals surface area contributed by atoms with Crippen LogP contribution in [0.1, 0.15) is 44.9 Å². The van der Waals surface area contributed by atoms with Crippen molar-refractivity contribution in [3.05, 3.63) is 35.4 Å². The molecule has 1 aromatic carbocycles. The molecule has 22 heavy (non-hydrogen) atoms. The predicted octanol–water partition coefficient (Wildman–Crippen LogP) is 2.76. The van der Waals surface area contributed by atoms with Gasteiger partial charge in [-0.3, -0.25) is 10.4 Å². The summed E-state index contributed by atoms with van der Waals surface area (Å²) in [5.74, 6) is 0.707. The summed E-state index contributed by atoms with van der Waals surface area (Å²) in [5.41, 5.74) is 4.37. The zero-order chi connectivity index (χ0) is 15.9. The molecule has 1 aromatic rings. The second-order valence-corrected chi connectivity index (χ2v) is 6.58. The molecule has 0 aliphatic carbocycles. The molecule has 2 aliphatic heterocycles. The number of amides is 1. The average molecular weight is 303 g/mol. The van der Waals surface area contributed by atoms with Crippen molar-refractivity contribution in [3.8, 4) is 0 Å². The largest absolute Gasteiger partial charge is 0.444 e. The lowest BCUT2D eigenvalue weighted by Gasteiger charge is -2.30. The molecular weight excluding hydrogens is 282 g/mol. The maximum Gasteiger partial charge on any atom is 0.411 e. The van der Waals surface area contributed by atoms with Crippen molar-refractivity contribution in [1.82, 2.24) is 10.4 Å². The van der Waals surface area contributed by atoms with E-state index in [4.69, 9.17) is 9.57 Å². The van der Waals surface area contributed by atoms with Gasteiger partial charge in [-0.15, -0.1) is 0 Å². The van der Waals surface area contributed by atoms with E-state index in [-0.39, 0.29) is 12.1 Å². The van der Waals surface area contributed by atoms with Crippen molar-refractivity contribution in [1.29, 1.82) is 0 Å². The minimum Gasteiger partial charge on any atom is -0.444 e. The number of aliphatic imine (C=N–C) groups is 1. The van der Waals surface area contributed by atoms with Crippen molar-refractivity contribution in [3.63, 3.8) is 0 Å². The molecule has 2 atom stereocenters. The van der Waals surface area contributed by atoms with Crippen LogP contribution in [0.15, 0.2) is 29.3 Å². The quantitative estimate of drug-likeness (QED) is 0.866. The number of amidine groups is 1. The summed E-state index contributed by atoms with van der Waals surface area (Å²) in [4.78, 5) is 24.2. The van der Waals surface area contributed by atoms with Gasteiger partial charge in [0.05, 0.1) is 6.54 Å².